The summed E-state index contributed by atoms with van der Waals surface area (Å²) in [6.07, 6.45) is 2.35. The first kappa shape index (κ1) is 17.1. The summed E-state index contributed by atoms with van der Waals surface area (Å²) in [4.78, 5) is 23.5. The zero-order valence-corrected chi connectivity index (χ0v) is 13.6. The summed E-state index contributed by atoms with van der Waals surface area (Å²) in [5.41, 5.74) is 0.994. The van der Waals surface area contributed by atoms with Gasteiger partial charge in [-0.3, -0.25) is 9.59 Å². The Morgan fingerprint density at radius 1 is 1.22 bits per heavy atom. The molecular weight excluding hydrogens is 316 g/mol. The minimum absolute atomic E-state index is 0.0558. The molecule has 0 fully saturated rings. The quantitative estimate of drug-likeness (QED) is 0.763. The van der Waals surface area contributed by atoms with Crippen molar-refractivity contribution in [3.63, 3.8) is 0 Å². The Morgan fingerprint density at radius 3 is 2.61 bits per heavy atom. The fourth-order valence-corrected chi connectivity index (χ4v) is 2.22. The maximum absolute atomic E-state index is 11.9. The highest BCUT2D eigenvalue weighted by molar-refractivity contribution is 6.30. The van der Waals surface area contributed by atoms with Gasteiger partial charge in [0.2, 0.25) is 5.91 Å². The molecule has 0 aliphatic rings. The monoisotopic (exact) mass is 334 g/mol. The highest BCUT2D eigenvalue weighted by atomic mass is 35.5. The van der Waals surface area contributed by atoms with Crippen molar-refractivity contribution in [1.29, 1.82) is 0 Å². The van der Waals surface area contributed by atoms with Crippen LogP contribution in [0, 0.1) is 0 Å². The van der Waals surface area contributed by atoms with Crippen LogP contribution < -0.4 is 10.6 Å². The molecule has 0 radical (unpaired) electrons. The minimum atomic E-state index is -0.273. The first-order valence-corrected chi connectivity index (χ1v) is 7.80. The van der Waals surface area contributed by atoms with E-state index in [-0.39, 0.29) is 23.6 Å². The fraction of sp³-hybridized carbons (Fsp3) is 0.294. The van der Waals surface area contributed by atoms with Crippen molar-refractivity contribution >= 4 is 23.4 Å². The topological polar surface area (TPSA) is 71.3 Å². The molecule has 0 saturated heterocycles. The van der Waals surface area contributed by atoms with E-state index >= 15 is 0 Å². The largest absolute Gasteiger partial charge is 0.459 e. The molecule has 2 amide bonds. The van der Waals surface area contributed by atoms with Crippen LogP contribution in [0.1, 0.15) is 41.9 Å². The molecule has 0 saturated carbocycles. The van der Waals surface area contributed by atoms with E-state index in [1.807, 2.05) is 19.1 Å². The molecule has 1 heterocycles. The first-order chi connectivity index (χ1) is 11.1. The maximum Gasteiger partial charge on any atom is 0.286 e. The van der Waals surface area contributed by atoms with Crippen LogP contribution in [0.5, 0.6) is 0 Å². The van der Waals surface area contributed by atoms with Gasteiger partial charge >= 0.3 is 0 Å². The number of halogens is 1. The lowest BCUT2D eigenvalue weighted by Gasteiger charge is -2.14. The van der Waals surface area contributed by atoms with Crippen LogP contribution in [0.4, 0.5) is 0 Å². The number of carbonyl (C=O) groups is 2. The lowest BCUT2D eigenvalue weighted by molar-refractivity contribution is -0.121. The molecule has 5 nitrogen and oxygen atoms in total. The van der Waals surface area contributed by atoms with E-state index in [2.05, 4.69) is 10.6 Å². The molecule has 0 aliphatic heterocycles. The predicted molar refractivity (Wildman–Crippen MR) is 88.3 cm³/mol. The van der Waals surface area contributed by atoms with Gasteiger partial charge in [-0.2, -0.15) is 0 Å². The average Bonchev–Trinajstić information content (AvgIpc) is 3.06. The van der Waals surface area contributed by atoms with Crippen molar-refractivity contribution < 1.29 is 14.0 Å². The summed E-state index contributed by atoms with van der Waals surface area (Å²) in [5, 5.41) is 6.29. The van der Waals surface area contributed by atoms with E-state index in [4.69, 9.17) is 16.0 Å². The van der Waals surface area contributed by atoms with Gasteiger partial charge in [-0.15, -0.1) is 0 Å². The van der Waals surface area contributed by atoms with Crippen molar-refractivity contribution in [3.8, 4) is 0 Å². The maximum atomic E-state index is 11.9. The van der Waals surface area contributed by atoms with Crippen LogP contribution in [-0.2, 0) is 4.79 Å². The van der Waals surface area contributed by atoms with E-state index in [9.17, 15) is 9.59 Å². The van der Waals surface area contributed by atoms with E-state index < -0.39 is 0 Å². The van der Waals surface area contributed by atoms with Gasteiger partial charge in [-0.25, -0.2) is 0 Å². The van der Waals surface area contributed by atoms with Crippen LogP contribution >= 0.6 is 11.6 Å². The molecule has 1 atom stereocenters. The third kappa shape index (κ3) is 5.45. The first-order valence-electron chi connectivity index (χ1n) is 7.43. The SMILES string of the molecule is CC(NC(=O)CCCNC(=O)c1ccco1)c1ccc(Cl)cc1. The number of furan rings is 1. The number of benzene rings is 1. The number of carbonyl (C=O) groups excluding carboxylic acids is 2. The molecule has 2 rings (SSSR count). The Labute approximate surface area is 140 Å². The van der Waals surface area contributed by atoms with Crippen LogP contribution in [-0.4, -0.2) is 18.4 Å². The molecule has 1 aromatic carbocycles. The Bertz CT molecular complexity index is 638. The average molecular weight is 335 g/mol. The minimum Gasteiger partial charge on any atom is -0.459 e. The Kier molecular flexibility index (Phi) is 6.23. The molecule has 0 bridgehead atoms. The summed E-state index contributed by atoms with van der Waals surface area (Å²) < 4.78 is 4.98. The van der Waals surface area contributed by atoms with E-state index in [1.165, 1.54) is 6.26 Å². The van der Waals surface area contributed by atoms with Gasteiger partial charge in [0.25, 0.3) is 5.91 Å². The predicted octanol–water partition coefficient (Wildman–Crippen LogP) is 3.32. The Morgan fingerprint density at radius 2 is 1.96 bits per heavy atom. The summed E-state index contributed by atoms with van der Waals surface area (Å²) in [5.74, 6) is -0.0598. The normalized spacial score (nSPS) is 11.7. The second-order valence-electron chi connectivity index (χ2n) is 5.18. The van der Waals surface area contributed by atoms with E-state index in [1.54, 1.807) is 24.3 Å². The van der Waals surface area contributed by atoms with Gasteiger partial charge in [0.05, 0.1) is 12.3 Å². The number of amides is 2. The summed E-state index contributed by atoms with van der Waals surface area (Å²) in [7, 11) is 0. The van der Waals surface area contributed by atoms with Gasteiger partial charge < -0.3 is 15.1 Å². The van der Waals surface area contributed by atoms with Gasteiger partial charge in [-0.1, -0.05) is 23.7 Å². The Balaban J connectivity index is 1.67. The number of hydrogen-bond acceptors (Lipinski definition) is 3. The lowest BCUT2D eigenvalue weighted by Crippen LogP contribution is -2.28. The van der Waals surface area contributed by atoms with Crippen molar-refractivity contribution in [1.82, 2.24) is 10.6 Å². The van der Waals surface area contributed by atoms with Gasteiger partial charge in [0, 0.05) is 18.0 Å². The van der Waals surface area contributed by atoms with E-state index in [0.29, 0.717) is 24.4 Å². The second-order valence-corrected chi connectivity index (χ2v) is 5.61. The second kappa shape index (κ2) is 8.39. The zero-order valence-electron chi connectivity index (χ0n) is 12.8. The molecule has 6 heteroatoms. The zero-order chi connectivity index (χ0) is 16.7. The van der Waals surface area contributed by atoms with Gasteiger partial charge in [0.1, 0.15) is 0 Å². The highest BCUT2D eigenvalue weighted by Crippen LogP contribution is 2.16. The molecule has 0 aliphatic carbocycles. The standard InChI is InChI=1S/C17H19ClN2O3/c1-12(13-6-8-14(18)9-7-13)20-16(21)5-2-10-19-17(22)15-4-3-11-23-15/h3-4,6-9,11-12H,2,5,10H2,1H3,(H,19,22)(H,20,21). The molecule has 2 aromatic rings. The third-order valence-electron chi connectivity index (χ3n) is 3.36. The van der Waals surface area contributed by atoms with Crippen LogP contribution in [0.2, 0.25) is 5.02 Å². The summed E-state index contributed by atoms with van der Waals surface area (Å²) in [6.45, 7) is 2.34. The molecule has 0 spiro atoms. The highest BCUT2D eigenvalue weighted by Gasteiger charge is 2.10. The summed E-state index contributed by atoms with van der Waals surface area (Å²) in [6, 6.07) is 10.5. The fourth-order valence-electron chi connectivity index (χ4n) is 2.09. The number of rotatable bonds is 7. The van der Waals surface area contributed by atoms with Crippen molar-refractivity contribution in [2.24, 2.45) is 0 Å². The van der Waals surface area contributed by atoms with Crippen molar-refractivity contribution in [2.45, 2.75) is 25.8 Å². The van der Waals surface area contributed by atoms with Gasteiger partial charge in [-0.05, 0) is 43.2 Å². The molecule has 122 valence electrons. The van der Waals surface area contributed by atoms with E-state index in [0.717, 1.165) is 5.56 Å². The number of hydrogen-bond donors (Lipinski definition) is 2. The van der Waals surface area contributed by atoms with Crippen LogP contribution in [0.3, 0.4) is 0 Å². The summed E-state index contributed by atoms with van der Waals surface area (Å²) >= 11 is 5.84. The van der Waals surface area contributed by atoms with Crippen molar-refractivity contribution in [2.75, 3.05) is 6.54 Å². The van der Waals surface area contributed by atoms with Gasteiger partial charge in [0.15, 0.2) is 5.76 Å². The third-order valence-corrected chi connectivity index (χ3v) is 3.61. The smallest absolute Gasteiger partial charge is 0.286 e. The lowest BCUT2D eigenvalue weighted by atomic mass is 10.1. The molecule has 1 unspecified atom stereocenters. The van der Waals surface area contributed by atoms with Crippen molar-refractivity contribution in [3.05, 3.63) is 59.0 Å². The molecule has 2 N–H and O–H groups in total. The number of nitrogens with one attached hydrogen (secondary N) is 2. The van der Waals surface area contributed by atoms with Crippen LogP contribution in [0.15, 0.2) is 47.1 Å². The van der Waals surface area contributed by atoms with Crippen LogP contribution in [0.25, 0.3) is 0 Å². The Hall–Kier alpha value is -2.27. The molecule has 23 heavy (non-hydrogen) atoms. The molecule has 1 aromatic heterocycles. The molecular formula is C17H19ClN2O3.